The van der Waals surface area contributed by atoms with E-state index in [1.807, 2.05) is 31.2 Å². The Hall–Kier alpha value is -7.77. The number of thiazole rings is 6. The van der Waals surface area contributed by atoms with Crippen LogP contribution in [-0.2, 0) is 16.0 Å². The van der Waals surface area contributed by atoms with Gasteiger partial charge in [0.1, 0.15) is 70.9 Å². The van der Waals surface area contributed by atoms with Crippen molar-refractivity contribution in [3.63, 3.8) is 0 Å². The number of primary amides is 2. The van der Waals surface area contributed by atoms with Crippen molar-refractivity contribution in [2.75, 3.05) is 19.6 Å². The molecule has 0 unspecified atom stereocenters. The third-order valence-corrected chi connectivity index (χ3v) is 19.6. The van der Waals surface area contributed by atoms with E-state index < -0.39 is 77.5 Å². The fourth-order valence-electron chi connectivity index (χ4n) is 9.35. The highest BCUT2D eigenvalue weighted by molar-refractivity contribution is 7.15. The Morgan fingerprint density at radius 1 is 0.671 bits per heavy atom. The van der Waals surface area contributed by atoms with E-state index >= 15 is 4.79 Å². The minimum Gasteiger partial charge on any atom is -0.391 e. The molecule has 9 aromatic rings. The molecule has 1 aliphatic heterocycles. The second-order valence-corrected chi connectivity index (χ2v) is 25.7. The summed E-state index contributed by atoms with van der Waals surface area (Å²) in [5.41, 5.74) is 21.4. The standard InChI is InChI=1S/C57H56N14O8S6/c1-26-9-11-29(12-10-26)17-34-49(77)70-44(27(2)42(73)20-61-16-15-58)57-69-40(25-84-57)55-65-36(21-82-55)46-31(13-14-33(62-46)54-66-37(22-83-54)48(60)76)52-67-39(23-80-52)51(79)64-35(19-43(59)74)56-71-45(28(3)85-56)41(72)18-32(47(75)30-7-5-4-6-8-30)53-68-38(24-81-53)50(78)63-34/h4-14,21-25,27,32,34-35,42,44,47,61,73,75H,15-20,58H2,1-3H3,(H2,59,74)(H2,60,76)(H,63,78)(H,64,79)(H,70,77)/t27-,32-,34-,35-,42-,44-,47+/m0/s1. The predicted octanol–water partition coefficient (Wildman–Crippen LogP) is 6.70. The summed E-state index contributed by atoms with van der Waals surface area (Å²) in [6.45, 7) is 6.31. The number of nitrogens with two attached hydrogens (primary N) is 3. The molecule has 0 saturated heterocycles. The molecule has 0 radical (unpaired) electrons. The number of ketones is 1. The van der Waals surface area contributed by atoms with Crippen LogP contribution in [0, 0.1) is 19.8 Å². The van der Waals surface area contributed by atoms with Crippen LogP contribution in [0.5, 0.6) is 0 Å². The van der Waals surface area contributed by atoms with Crippen molar-refractivity contribution in [1.29, 1.82) is 0 Å². The number of hydrogen-bond acceptors (Lipinski definition) is 23. The molecule has 7 aromatic heterocycles. The van der Waals surface area contributed by atoms with Gasteiger partial charge in [-0.25, -0.2) is 34.9 Å². The van der Waals surface area contributed by atoms with Crippen molar-refractivity contribution < 1.29 is 39.0 Å². The van der Waals surface area contributed by atoms with Crippen molar-refractivity contribution in [3.8, 4) is 43.4 Å². The topological polar surface area (TPSA) is 359 Å². The van der Waals surface area contributed by atoms with Gasteiger partial charge >= 0.3 is 0 Å². The Bertz CT molecular complexity index is 3910. The fourth-order valence-corrected chi connectivity index (χ4v) is 14.7. The molecule has 85 heavy (non-hydrogen) atoms. The van der Waals surface area contributed by atoms with Gasteiger partial charge in [0.15, 0.2) is 5.78 Å². The van der Waals surface area contributed by atoms with Crippen LogP contribution >= 0.6 is 68.0 Å². The quantitative estimate of drug-likeness (QED) is 0.0511. The van der Waals surface area contributed by atoms with Crippen molar-refractivity contribution in [3.05, 3.63) is 153 Å². The summed E-state index contributed by atoms with van der Waals surface area (Å²) in [6, 6.07) is 16.5. The van der Waals surface area contributed by atoms with E-state index in [9.17, 15) is 34.2 Å². The molecular formula is C57H56N14O8S6. The molecular weight excluding hydrogens is 1200 g/mol. The van der Waals surface area contributed by atoms with Gasteiger partial charge < -0.3 is 48.7 Å². The maximum atomic E-state index is 15.0. The number of carbonyl (C=O) groups is 6. The highest BCUT2D eigenvalue weighted by Gasteiger charge is 2.36. The minimum atomic E-state index is -1.29. The van der Waals surface area contributed by atoms with Gasteiger partial charge in [0, 0.05) is 81.7 Å². The number of aliphatic hydroxyl groups is 2. The molecule has 10 rings (SSSR count). The number of benzene rings is 2. The number of hydrogen-bond donors (Lipinski definition) is 9. The summed E-state index contributed by atoms with van der Waals surface area (Å²) in [5.74, 6) is -5.56. The zero-order valence-electron chi connectivity index (χ0n) is 45.7. The number of pyridine rings is 1. The van der Waals surface area contributed by atoms with Crippen LogP contribution in [0.25, 0.3) is 43.4 Å². The van der Waals surface area contributed by atoms with Gasteiger partial charge in [-0.05, 0) is 37.1 Å². The maximum Gasteiger partial charge on any atom is 0.271 e. The number of aromatic nitrogens is 7. The minimum absolute atomic E-state index is 0.00936. The number of aryl methyl sites for hydroxylation is 2. The molecule has 5 amide bonds. The molecule has 0 spiro atoms. The Labute approximate surface area is 510 Å². The third-order valence-electron chi connectivity index (χ3n) is 14.0. The van der Waals surface area contributed by atoms with E-state index in [0.29, 0.717) is 71.9 Å². The summed E-state index contributed by atoms with van der Waals surface area (Å²) in [7, 11) is 0. The smallest absolute Gasteiger partial charge is 0.271 e. The summed E-state index contributed by atoms with van der Waals surface area (Å²) < 4.78 is 0. The lowest BCUT2D eigenvalue weighted by Crippen LogP contribution is -2.51. The Morgan fingerprint density at radius 2 is 1.32 bits per heavy atom. The van der Waals surface area contributed by atoms with Crippen LogP contribution in [0.3, 0.4) is 0 Å². The number of amides is 5. The molecule has 0 fully saturated rings. The lowest BCUT2D eigenvalue weighted by molar-refractivity contribution is -0.124. The van der Waals surface area contributed by atoms with Gasteiger partial charge in [-0.2, -0.15) is 0 Å². The molecule has 10 bridgehead atoms. The van der Waals surface area contributed by atoms with E-state index in [-0.39, 0.29) is 58.6 Å². The molecule has 0 aliphatic carbocycles. The number of aliphatic hydroxyl groups excluding tert-OH is 2. The van der Waals surface area contributed by atoms with Crippen molar-refractivity contribution in [1.82, 2.24) is 56.2 Å². The lowest BCUT2D eigenvalue weighted by atomic mass is 9.90. The van der Waals surface area contributed by atoms with Crippen LogP contribution in [0.2, 0.25) is 0 Å². The first-order chi connectivity index (χ1) is 40.9. The zero-order valence-corrected chi connectivity index (χ0v) is 50.6. The monoisotopic (exact) mass is 1260 g/mol. The van der Waals surface area contributed by atoms with E-state index in [1.54, 1.807) is 72.5 Å². The summed E-state index contributed by atoms with van der Waals surface area (Å²) in [5, 5.41) is 46.1. The Morgan fingerprint density at radius 3 is 2.05 bits per heavy atom. The average Bonchev–Trinajstić information content (AvgIpc) is 3.70. The van der Waals surface area contributed by atoms with Crippen LogP contribution in [0.4, 0.5) is 0 Å². The first-order valence-electron chi connectivity index (χ1n) is 26.6. The summed E-state index contributed by atoms with van der Waals surface area (Å²) in [4.78, 5) is 117. The summed E-state index contributed by atoms with van der Waals surface area (Å²) >= 11 is 6.99. The molecule has 22 nitrogen and oxygen atoms in total. The molecule has 438 valence electrons. The normalized spacial score (nSPS) is 18.0. The molecule has 0 saturated carbocycles. The number of Topliss-reactive ketones (excluding diaryl/α,β-unsaturated/α-hetero) is 1. The van der Waals surface area contributed by atoms with Gasteiger partial charge in [-0.3, -0.25) is 28.8 Å². The van der Waals surface area contributed by atoms with Crippen molar-refractivity contribution in [2.24, 2.45) is 23.1 Å². The average molecular weight is 1260 g/mol. The predicted molar refractivity (Wildman–Crippen MR) is 327 cm³/mol. The molecule has 28 heteroatoms. The molecule has 1 aliphatic rings. The summed E-state index contributed by atoms with van der Waals surface area (Å²) in [6.07, 6.45) is -2.95. The van der Waals surface area contributed by atoms with Gasteiger partial charge in [0.2, 0.25) is 11.8 Å². The molecule has 7 atom stereocenters. The van der Waals surface area contributed by atoms with E-state index in [2.05, 4.69) is 31.2 Å². The Balaban J connectivity index is 1.09. The maximum absolute atomic E-state index is 15.0. The highest BCUT2D eigenvalue weighted by Crippen LogP contribution is 2.41. The number of fused-ring (bicyclic) bond motifs is 14. The second kappa shape index (κ2) is 26.7. The molecule has 2 aromatic carbocycles. The van der Waals surface area contributed by atoms with Gasteiger partial charge in [0.05, 0.1) is 41.4 Å². The SMILES string of the molecule is Cc1ccc(C[C@@H]2NC(=O)c3csc(n3)[C@H]([C@H](O)c3ccccc3)CC(=O)c3nc(sc3C)[C@H](CC(N)=O)NC(=O)c3csc(n3)-c3ccc(-c4nc(C(N)=O)cs4)nc3-c3csc(n3)-c3csc(n3)[C@H]([C@@H](C)[C@@H](O)CNCCN)NC2=O)cc1. The Kier molecular flexibility index (Phi) is 18.9. The van der Waals surface area contributed by atoms with Crippen LogP contribution in [-0.4, -0.2) is 112 Å². The largest absolute Gasteiger partial charge is 0.391 e. The third kappa shape index (κ3) is 14.0. The first kappa shape index (κ1) is 60.4. The van der Waals surface area contributed by atoms with Gasteiger partial charge in [-0.15, -0.1) is 68.0 Å². The van der Waals surface area contributed by atoms with Gasteiger partial charge in [0.25, 0.3) is 17.7 Å². The number of rotatable bonds is 14. The van der Waals surface area contributed by atoms with Gasteiger partial charge in [-0.1, -0.05) is 67.1 Å². The van der Waals surface area contributed by atoms with Crippen LogP contribution in [0.15, 0.2) is 93.6 Å². The fraction of sp³-hybridized carbons (Fsp3) is 0.281. The number of nitrogens with one attached hydrogen (secondary N) is 4. The van der Waals surface area contributed by atoms with E-state index in [1.165, 1.54) is 44.8 Å². The van der Waals surface area contributed by atoms with E-state index in [0.717, 1.165) is 45.1 Å². The zero-order chi connectivity index (χ0) is 60.1. The number of carbonyl (C=O) groups excluding carboxylic acids is 6. The second-order valence-electron chi connectivity index (χ2n) is 20.1. The van der Waals surface area contributed by atoms with Crippen LogP contribution in [0.1, 0.15) is 122 Å². The first-order valence-corrected chi connectivity index (χ1v) is 31.8. The molecule has 12 N–H and O–H groups in total. The van der Waals surface area contributed by atoms with Crippen molar-refractivity contribution in [2.45, 2.75) is 76.3 Å². The van der Waals surface area contributed by atoms with E-state index in [4.69, 9.17) is 42.1 Å². The van der Waals surface area contributed by atoms with Crippen molar-refractivity contribution >= 4 is 103 Å². The molecule has 8 heterocycles. The highest BCUT2D eigenvalue weighted by atomic mass is 32.1. The van der Waals surface area contributed by atoms with Crippen LogP contribution < -0.4 is 38.5 Å². The number of nitrogens with zero attached hydrogens (tertiary/aromatic N) is 7. The lowest BCUT2D eigenvalue weighted by Gasteiger charge is -2.29.